The second-order valence-electron chi connectivity index (χ2n) is 7.06. The van der Waals surface area contributed by atoms with Gasteiger partial charge in [0.15, 0.2) is 0 Å². The quantitative estimate of drug-likeness (QED) is 0.587. The zero-order chi connectivity index (χ0) is 20.0. The van der Waals surface area contributed by atoms with Gasteiger partial charge in [-0.1, -0.05) is 24.3 Å². The van der Waals surface area contributed by atoms with Crippen molar-refractivity contribution in [2.45, 2.75) is 30.4 Å². The molecule has 2 atom stereocenters. The van der Waals surface area contributed by atoms with Crippen molar-refractivity contribution in [1.29, 1.82) is 0 Å². The first-order valence-corrected chi connectivity index (χ1v) is 11.1. The highest BCUT2D eigenvalue weighted by Crippen LogP contribution is 2.54. The van der Waals surface area contributed by atoms with E-state index >= 15 is 0 Å². The molecule has 2 aliphatic rings. The summed E-state index contributed by atoms with van der Waals surface area (Å²) in [5.74, 6) is -0.352. The molecule has 5 nitrogen and oxygen atoms in total. The number of hydrogen-bond donors (Lipinski definition) is 0. The highest BCUT2D eigenvalue weighted by atomic mass is 32.2. The number of halogens is 1. The molecule has 0 radical (unpaired) electrons. The number of para-hydroxylation sites is 1. The minimum absolute atomic E-state index is 0.0683. The van der Waals surface area contributed by atoms with E-state index in [1.807, 2.05) is 24.3 Å². The van der Waals surface area contributed by atoms with Crippen LogP contribution >= 0.6 is 23.1 Å². The molecule has 5 rings (SSSR count). The Hall–Kier alpha value is -2.45. The summed E-state index contributed by atoms with van der Waals surface area (Å²) in [5.41, 5.74) is 1.72. The molecule has 2 fully saturated rings. The minimum Gasteiger partial charge on any atom is -0.457 e. The third-order valence-electron chi connectivity index (χ3n) is 5.37. The average molecular weight is 429 g/mol. The van der Waals surface area contributed by atoms with Crippen molar-refractivity contribution < 1.29 is 18.7 Å². The summed E-state index contributed by atoms with van der Waals surface area (Å²) >= 11 is 3.04. The molecule has 3 heterocycles. The van der Waals surface area contributed by atoms with E-state index in [-0.39, 0.29) is 18.3 Å². The highest BCUT2D eigenvalue weighted by molar-refractivity contribution is 8.00. The van der Waals surface area contributed by atoms with E-state index in [9.17, 15) is 14.0 Å². The van der Waals surface area contributed by atoms with Crippen LogP contribution in [0.25, 0.3) is 10.2 Å². The number of amides is 1. The van der Waals surface area contributed by atoms with Crippen LogP contribution in [0, 0.1) is 5.82 Å². The lowest BCUT2D eigenvalue weighted by molar-refractivity contribution is -0.155. The van der Waals surface area contributed by atoms with E-state index in [1.165, 1.54) is 23.5 Å². The van der Waals surface area contributed by atoms with Gasteiger partial charge in [0.1, 0.15) is 28.3 Å². The van der Waals surface area contributed by atoms with Gasteiger partial charge in [-0.3, -0.25) is 4.79 Å². The molecule has 0 unspecified atom stereocenters. The third-order valence-corrected chi connectivity index (χ3v) is 7.98. The smallest absolute Gasteiger partial charge is 0.330 e. The SMILES string of the molecule is O=C(OCc1nc2ccccc2s1)[C@@H]1CS[C@]2(c3ccc(F)cc3)CCC(=O)N12. The Kier molecular flexibility index (Phi) is 4.55. The molecular formula is C21H17FN2O3S2. The molecular weight excluding hydrogens is 411 g/mol. The predicted molar refractivity (Wildman–Crippen MR) is 110 cm³/mol. The third kappa shape index (κ3) is 3.11. The van der Waals surface area contributed by atoms with E-state index in [0.717, 1.165) is 20.8 Å². The zero-order valence-electron chi connectivity index (χ0n) is 15.3. The van der Waals surface area contributed by atoms with Crippen LogP contribution in [0.1, 0.15) is 23.4 Å². The first-order valence-electron chi connectivity index (χ1n) is 9.30. The number of nitrogens with zero attached hydrogens (tertiary/aromatic N) is 2. The van der Waals surface area contributed by atoms with Gasteiger partial charge in [-0.2, -0.15) is 0 Å². The van der Waals surface area contributed by atoms with Gasteiger partial charge >= 0.3 is 5.97 Å². The topological polar surface area (TPSA) is 59.5 Å². The summed E-state index contributed by atoms with van der Waals surface area (Å²) in [5, 5.41) is 0.725. The molecule has 2 aliphatic heterocycles. The van der Waals surface area contributed by atoms with E-state index in [2.05, 4.69) is 4.98 Å². The van der Waals surface area contributed by atoms with Crippen LogP contribution in [-0.2, 0) is 25.8 Å². The Morgan fingerprint density at radius 3 is 2.83 bits per heavy atom. The first-order chi connectivity index (χ1) is 14.1. The molecule has 0 N–H and O–H groups in total. The molecule has 3 aromatic rings. The maximum Gasteiger partial charge on any atom is 0.330 e. The van der Waals surface area contributed by atoms with Crippen molar-refractivity contribution in [3.63, 3.8) is 0 Å². The predicted octanol–water partition coefficient (Wildman–Crippen LogP) is 4.07. The highest BCUT2D eigenvalue weighted by Gasteiger charge is 2.57. The van der Waals surface area contributed by atoms with Crippen LogP contribution in [-0.4, -0.2) is 33.6 Å². The molecule has 2 aromatic carbocycles. The number of thiazole rings is 1. The van der Waals surface area contributed by atoms with E-state index < -0.39 is 16.9 Å². The number of ether oxygens (including phenoxy) is 1. The fourth-order valence-electron chi connectivity index (χ4n) is 4.04. The monoisotopic (exact) mass is 428 g/mol. The summed E-state index contributed by atoms with van der Waals surface area (Å²) < 4.78 is 20.0. The maximum atomic E-state index is 13.4. The Labute approximate surface area is 174 Å². The van der Waals surface area contributed by atoms with Gasteiger partial charge in [0.05, 0.1) is 10.2 Å². The number of thioether (sulfide) groups is 1. The fourth-order valence-corrected chi connectivity index (χ4v) is 6.56. The largest absolute Gasteiger partial charge is 0.457 e. The van der Waals surface area contributed by atoms with Crippen LogP contribution in [0.2, 0.25) is 0 Å². The lowest BCUT2D eigenvalue weighted by atomic mass is 10.0. The Morgan fingerprint density at radius 2 is 2.03 bits per heavy atom. The number of rotatable bonds is 4. The van der Waals surface area contributed by atoms with Crippen molar-refractivity contribution >= 4 is 45.2 Å². The van der Waals surface area contributed by atoms with Crippen LogP contribution in [0.4, 0.5) is 4.39 Å². The molecule has 1 amide bonds. The normalized spacial score (nSPS) is 23.6. The Bertz CT molecular complexity index is 1070. The molecule has 0 saturated carbocycles. The zero-order valence-corrected chi connectivity index (χ0v) is 17.0. The number of carbonyl (C=O) groups is 2. The van der Waals surface area contributed by atoms with Gasteiger partial charge in [-0.25, -0.2) is 14.2 Å². The summed E-state index contributed by atoms with van der Waals surface area (Å²) in [6.07, 6.45) is 0.968. The van der Waals surface area contributed by atoms with E-state index in [1.54, 1.807) is 28.8 Å². The van der Waals surface area contributed by atoms with Crippen LogP contribution < -0.4 is 0 Å². The van der Waals surface area contributed by atoms with Crippen LogP contribution in [0.15, 0.2) is 48.5 Å². The number of carbonyl (C=O) groups excluding carboxylic acids is 2. The Morgan fingerprint density at radius 1 is 1.24 bits per heavy atom. The van der Waals surface area contributed by atoms with Crippen molar-refractivity contribution in [2.24, 2.45) is 0 Å². The number of esters is 1. The molecule has 8 heteroatoms. The number of aromatic nitrogens is 1. The van der Waals surface area contributed by atoms with Gasteiger partial charge in [-0.15, -0.1) is 23.1 Å². The minimum atomic E-state index is -0.644. The van der Waals surface area contributed by atoms with Crippen molar-refractivity contribution in [3.8, 4) is 0 Å². The maximum absolute atomic E-state index is 13.4. The molecule has 0 spiro atoms. The summed E-state index contributed by atoms with van der Waals surface area (Å²) in [6, 6.07) is 13.3. The second kappa shape index (κ2) is 7.11. The Balaban J connectivity index is 1.35. The number of benzene rings is 2. The van der Waals surface area contributed by atoms with Crippen molar-refractivity contribution in [1.82, 2.24) is 9.88 Å². The van der Waals surface area contributed by atoms with Crippen molar-refractivity contribution in [2.75, 3.05) is 5.75 Å². The van der Waals surface area contributed by atoms with E-state index in [0.29, 0.717) is 18.6 Å². The summed E-state index contributed by atoms with van der Waals surface area (Å²) in [7, 11) is 0. The van der Waals surface area contributed by atoms with Gasteiger partial charge in [0, 0.05) is 12.2 Å². The van der Waals surface area contributed by atoms with Gasteiger partial charge < -0.3 is 9.64 Å². The standard InChI is InChI=1S/C21H17FN2O3S2/c22-14-7-5-13(6-8-14)21-10-9-19(25)24(21)16(12-28-21)20(26)27-11-18-23-15-3-1-2-4-17(15)29-18/h1-8,16H,9-12H2/t16-,21-/m0/s1. The fraction of sp³-hybridized carbons (Fsp3) is 0.286. The lowest BCUT2D eigenvalue weighted by Gasteiger charge is -2.33. The van der Waals surface area contributed by atoms with E-state index in [4.69, 9.17) is 4.74 Å². The molecule has 0 bridgehead atoms. The molecule has 148 valence electrons. The van der Waals surface area contributed by atoms with Crippen LogP contribution in [0.5, 0.6) is 0 Å². The van der Waals surface area contributed by atoms with Gasteiger partial charge in [-0.05, 0) is 36.2 Å². The average Bonchev–Trinajstić information content (AvgIpc) is 3.40. The van der Waals surface area contributed by atoms with Gasteiger partial charge in [0.25, 0.3) is 0 Å². The summed E-state index contributed by atoms with van der Waals surface area (Å²) in [4.78, 5) is 31.0. The molecule has 29 heavy (non-hydrogen) atoms. The molecule has 0 aliphatic carbocycles. The number of hydrogen-bond acceptors (Lipinski definition) is 6. The molecule has 2 saturated heterocycles. The summed E-state index contributed by atoms with van der Waals surface area (Å²) in [6.45, 7) is 0.0882. The second-order valence-corrected chi connectivity index (χ2v) is 9.48. The number of fused-ring (bicyclic) bond motifs is 2. The lowest BCUT2D eigenvalue weighted by Crippen LogP contribution is -2.46. The first kappa shape index (κ1) is 18.6. The van der Waals surface area contributed by atoms with Crippen molar-refractivity contribution in [3.05, 3.63) is 64.9 Å². The van der Waals surface area contributed by atoms with Gasteiger partial charge in [0.2, 0.25) is 5.91 Å². The molecule has 1 aromatic heterocycles. The van der Waals surface area contributed by atoms with Crippen LogP contribution in [0.3, 0.4) is 0 Å².